The molecule has 0 saturated carbocycles. The predicted octanol–water partition coefficient (Wildman–Crippen LogP) is 0.307. The van der Waals surface area contributed by atoms with Gasteiger partial charge in [0.2, 0.25) is 0 Å². The fraction of sp³-hybridized carbons (Fsp3) is 1.00. The largest absolute Gasteiger partial charge is 0.366 e. The Morgan fingerprint density at radius 1 is 1.50 bits per heavy atom. The first-order valence-electron chi connectivity index (χ1n) is 3.78. The maximum absolute atomic E-state index is 5.13. The molecule has 3 nitrogen and oxygen atoms in total. The Balaban J connectivity index is 2.77. The fourth-order valence-corrected chi connectivity index (χ4v) is 0.648. The predicted molar refractivity (Wildman–Crippen MR) is 42.8 cm³/mol. The second-order valence-corrected chi connectivity index (χ2v) is 2.54. The van der Waals surface area contributed by atoms with E-state index in [1.54, 1.807) is 0 Å². The van der Waals surface area contributed by atoms with Crippen molar-refractivity contribution in [2.45, 2.75) is 26.3 Å². The highest BCUT2D eigenvalue weighted by Gasteiger charge is 1.90. The van der Waals surface area contributed by atoms with Crippen LogP contribution in [0.5, 0.6) is 0 Å². The average Bonchev–Trinajstić information content (AvgIpc) is 1.87. The van der Waals surface area contributed by atoms with Crippen LogP contribution < -0.4 is 11.1 Å². The molecule has 0 rings (SSSR count). The van der Waals surface area contributed by atoms with Crippen LogP contribution in [-0.4, -0.2) is 25.9 Å². The lowest BCUT2D eigenvalue weighted by Crippen LogP contribution is -2.24. The Kier molecular flexibility index (Phi) is 6.91. The first-order valence-corrected chi connectivity index (χ1v) is 3.78. The highest BCUT2D eigenvalue weighted by molar-refractivity contribution is 4.51. The molecular weight excluding hydrogens is 128 g/mol. The van der Waals surface area contributed by atoms with Crippen molar-refractivity contribution in [3.8, 4) is 0 Å². The van der Waals surface area contributed by atoms with Gasteiger partial charge >= 0.3 is 0 Å². The van der Waals surface area contributed by atoms with Crippen molar-refractivity contribution in [1.82, 2.24) is 5.32 Å². The van der Waals surface area contributed by atoms with E-state index in [4.69, 9.17) is 10.5 Å². The topological polar surface area (TPSA) is 47.3 Å². The molecule has 62 valence electrons. The average molecular weight is 146 g/mol. The van der Waals surface area contributed by atoms with Gasteiger partial charge in [-0.05, 0) is 13.0 Å². The van der Waals surface area contributed by atoms with Gasteiger partial charge in [0.25, 0.3) is 0 Å². The van der Waals surface area contributed by atoms with Crippen LogP contribution in [0.25, 0.3) is 0 Å². The van der Waals surface area contributed by atoms with Gasteiger partial charge < -0.3 is 15.8 Å². The lowest BCUT2D eigenvalue weighted by molar-refractivity contribution is 0.138. The summed E-state index contributed by atoms with van der Waals surface area (Å²) in [5, 5.41) is 3.28. The maximum Gasteiger partial charge on any atom is 0.0940 e. The number of hydrogen-bond acceptors (Lipinski definition) is 3. The first-order chi connectivity index (χ1) is 4.77. The zero-order chi connectivity index (χ0) is 7.82. The summed E-state index contributed by atoms with van der Waals surface area (Å²) in [5.74, 6) is 0. The minimum Gasteiger partial charge on any atom is -0.366 e. The van der Waals surface area contributed by atoms with Crippen molar-refractivity contribution in [1.29, 1.82) is 0 Å². The van der Waals surface area contributed by atoms with E-state index in [9.17, 15) is 0 Å². The summed E-state index contributed by atoms with van der Waals surface area (Å²) in [5.41, 5.74) is 5.13. The Labute approximate surface area is 62.9 Å². The second kappa shape index (κ2) is 6.99. The number of nitrogens with two attached hydrogens (primary N) is 1. The zero-order valence-electron chi connectivity index (χ0n) is 6.89. The standard InChI is InChI=1S/C7H18N2O/c1-7(2)9-4-3-5-10-6-8/h7,9H,3-6,8H2,1-2H3. The Morgan fingerprint density at radius 3 is 2.70 bits per heavy atom. The van der Waals surface area contributed by atoms with Crippen LogP contribution in [0.3, 0.4) is 0 Å². The van der Waals surface area contributed by atoms with Gasteiger partial charge in [-0.25, -0.2) is 0 Å². The quantitative estimate of drug-likeness (QED) is 0.419. The van der Waals surface area contributed by atoms with E-state index in [0.29, 0.717) is 12.8 Å². The van der Waals surface area contributed by atoms with Crippen molar-refractivity contribution in [3.05, 3.63) is 0 Å². The summed E-state index contributed by atoms with van der Waals surface area (Å²) >= 11 is 0. The molecule has 0 aliphatic heterocycles. The third kappa shape index (κ3) is 7.88. The summed E-state index contributed by atoms with van der Waals surface area (Å²) in [4.78, 5) is 0. The van der Waals surface area contributed by atoms with E-state index < -0.39 is 0 Å². The molecule has 0 unspecified atom stereocenters. The van der Waals surface area contributed by atoms with Gasteiger partial charge in [-0.15, -0.1) is 0 Å². The molecular formula is C7H18N2O. The van der Waals surface area contributed by atoms with E-state index in [0.717, 1.165) is 19.6 Å². The summed E-state index contributed by atoms with van der Waals surface area (Å²) in [7, 11) is 0. The van der Waals surface area contributed by atoms with E-state index in [1.807, 2.05) is 0 Å². The minimum absolute atomic E-state index is 0.335. The lowest BCUT2D eigenvalue weighted by Gasteiger charge is -2.06. The summed E-state index contributed by atoms with van der Waals surface area (Å²) in [6, 6.07) is 0.567. The fourth-order valence-electron chi connectivity index (χ4n) is 0.648. The summed E-state index contributed by atoms with van der Waals surface area (Å²) in [6.45, 7) is 6.36. The molecule has 0 aromatic heterocycles. The summed E-state index contributed by atoms with van der Waals surface area (Å²) in [6.07, 6.45) is 1.04. The second-order valence-electron chi connectivity index (χ2n) is 2.54. The highest BCUT2D eigenvalue weighted by Crippen LogP contribution is 1.81. The maximum atomic E-state index is 5.13. The van der Waals surface area contributed by atoms with Crippen LogP contribution in [0.1, 0.15) is 20.3 Å². The number of rotatable bonds is 6. The molecule has 0 aromatic rings. The smallest absolute Gasteiger partial charge is 0.0940 e. The van der Waals surface area contributed by atoms with Crippen LogP contribution in [-0.2, 0) is 4.74 Å². The van der Waals surface area contributed by atoms with Crippen LogP contribution >= 0.6 is 0 Å². The van der Waals surface area contributed by atoms with Gasteiger partial charge in [-0.1, -0.05) is 13.8 Å². The molecule has 0 amide bonds. The summed E-state index contributed by atoms with van der Waals surface area (Å²) < 4.78 is 4.95. The molecule has 3 heteroatoms. The Hall–Kier alpha value is -0.120. The van der Waals surface area contributed by atoms with Crippen molar-refractivity contribution in [2.75, 3.05) is 19.9 Å². The molecule has 0 radical (unpaired) electrons. The lowest BCUT2D eigenvalue weighted by atomic mass is 10.3. The van der Waals surface area contributed by atoms with Crippen LogP contribution in [0, 0.1) is 0 Å². The monoisotopic (exact) mass is 146 g/mol. The van der Waals surface area contributed by atoms with Gasteiger partial charge in [-0.3, -0.25) is 0 Å². The van der Waals surface area contributed by atoms with Crippen LogP contribution in [0.15, 0.2) is 0 Å². The molecule has 0 aromatic carbocycles. The van der Waals surface area contributed by atoms with Gasteiger partial charge in [0, 0.05) is 12.6 Å². The molecule has 0 saturated heterocycles. The van der Waals surface area contributed by atoms with Gasteiger partial charge in [-0.2, -0.15) is 0 Å². The molecule has 0 atom stereocenters. The Bertz CT molecular complexity index is 66.6. The van der Waals surface area contributed by atoms with Crippen molar-refractivity contribution < 1.29 is 4.74 Å². The van der Waals surface area contributed by atoms with E-state index in [2.05, 4.69) is 19.2 Å². The third-order valence-electron chi connectivity index (χ3n) is 1.14. The van der Waals surface area contributed by atoms with Gasteiger partial charge in [0.15, 0.2) is 0 Å². The molecule has 0 aliphatic rings. The minimum atomic E-state index is 0.335. The van der Waals surface area contributed by atoms with Gasteiger partial charge in [0.05, 0.1) is 6.73 Å². The molecule has 0 aliphatic carbocycles. The number of ether oxygens (including phenoxy) is 1. The molecule has 3 N–H and O–H groups in total. The van der Waals surface area contributed by atoms with Crippen LogP contribution in [0.4, 0.5) is 0 Å². The zero-order valence-corrected chi connectivity index (χ0v) is 6.89. The molecule has 0 bridgehead atoms. The van der Waals surface area contributed by atoms with Crippen molar-refractivity contribution >= 4 is 0 Å². The van der Waals surface area contributed by atoms with E-state index >= 15 is 0 Å². The molecule has 10 heavy (non-hydrogen) atoms. The van der Waals surface area contributed by atoms with Crippen LogP contribution in [0.2, 0.25) is 0 Å². The SMILES string of the molecule is CC(C)NCCCOCN. The molecule has 0 fully saturated rings. The van der Waals surface area contributed by atoms with Crippen molar-refractivity contribution in [2.24, 2.45) is 5.73 Å². The first kappa shape index (κ1) is 9.88. The number of hydrogen-bond donors (Lipinski definition) is 2. The Morgan fingerprint density at radius 2 is 2.20 bits per heavy atom. The molecule has 0 heterocycles. The van der Waals surface area contributed by atoms with E-state index in [1.165, 1.54) is 0 Å². The van der Waals surface area contributed by atoms with E-state index in [-0.39, 0.29) is 0 Å². The molecule has 0 spiro atoms. The normalized spacial score (nSPS) is 10.8. The number of nitrogens with one attached hydrogen (secondary N) is 1. The third-order valence-corrected chi connectivity index (χ3v) is 1.14. The highest BCUT2D eigenvalue weighted by atomic mass is 16.5. The van der Waals surface area contributed by atoms with Crippen molar-refractivity contribution in [3.63, 3.8) is 0 Å². The van der Waals surface area contributed by atoms with Gasteiger partial charge in [0.1, 0.15) is 0 Å².